The second kappa shape index (κ2) is 11.5. The molecule has 0 fully saturated rings. The van der Waals surface area contributed by atoms with E-state index in [0.29, 0.717) is 16.4 Å². The van der Waals surface area contributed by atoms with Crippen LogP contribution in [0, 0.1) is 6.92 Å². The SMILES string of the molecule is Cc1ccc(NC(=O)C(Sc2cccc(NC(=O)CCC(=O)O)c2)c2ccccc2)cc1Cl. The quantitative estimate of drug-likeness (QED) is 0.329. The number of carboxylic acids is 1. The van der Waals surface area contributed by atoms with E-state index in [9.17, 15) is 14.4 Å². The van der Waals surface area contributed by atoms with E-state index in [-0.39, 0.29) is 24.7 Å². The molecule has 0 aliphatic rings. The van der Waals surface area contributed by atoms with Crippen molar-refractivity contribution in [1.82, 2.24) is 0 Å². The molecule has 33 heavy (non-hydrogen) atoms. The Kier molecular flexibility index (Phi) is 8.52. The highest BCUT2D eigenvalue weighted by Crippen LogP contribution is 2.37. The Labute approximate surface area is 201 Å². The van der Waals surface area contributed by atoms with Crippen LogP contribution in [0.4, 0.5) is 11.4 Å². The van der Waals surface area contributed by atoms with Gasteiger partial charge in [0.05, 0.1) is 6.42 Å². The van der Waals surface area contributed by atoms with Gasteiger partial charge in [0.25, 0.3) is 0 Å². The smallest absolute Gasteiger partial charge is 0.303 e. The highest BCUT2D eigenvalue weighted by Gasteiger charge is 2.22. The third-order valence-corrected chi connectivity index (χ3v) is 6.37. The molecule has 1 atom stereocenters. The minimum Gasteiger partial charge on any atom is -0.481 e. The van der Waals surface area contributed by atoms with Gasteiger partial charge >= 0.3 is 5.97 Å². The van der Waals surface area contributed by atoms with Gasteiger partial charge in [0.1, 0.15) is 5.25 Å². The maximum atomic E-state index is 13.2. The van der Waals surface area contributed by atoms with Gasteiger partial charge < -0.3 is 15.7 Å². The van der Waals surface area contributed by atoms with E-state index in [1.165, 1.54) is 11.8 Å². The zero-order chi connectivity index (χ0) is 23.8. The lowest BCUT2D eigenvalue weighted by Crippen LogP contribution is -2.19. The first-order valence-corrected chi connectivity index (χ1v) is 11.5. The van der Waals surface area contributed by atoms with Crippen LogP contribution >= 0.6 is 23.4 Å². The number of nitrogens with one attached hydrogen (secondary N) is 2. The van der Waals surface area contributed by atoms with Crippen LogP contribution in [-0.2, 0) is 14.4 Å². The van der Waals surface area contributed by atoms with E-state index < -0.39 is 11.2 Å². The number of thioether (sulfide) groups is 1. The topological polar surface area (TPSA) is 95.5 Å². The van der Waals surface area contributed by atoms with Crippen LogP contribution in [0.25, 0.3) is 0 Å². The number of rotatable bonds is 9. The minimum atomic E-state index is -1.03. The van der Waals surface area contributed by atoms with E-state index in [1.54, 1.807) is 30.3 Å². The molecule has 2 amide bonds. The first-order chi connectivity index (χ1) is 15.8. The number of benzene rings is 3. The molecule has 0 spiro atoms. The summed E-state index contributed by atoms with van der Waals surface area (Å²) in [5.74, 6) is -1.61. The van der Waals surface area contributed by atoms with Crippen molar-refractivity contribution in [3.8, 4) is 0 Å². The Balaban J connectivity index is 1.78. The van der Waals surface area contributed by atoms with Crippen LogP contribution in [0.3, 0.4) is 0 Å². The molecule has 0 saturated carbocycles. The molecule has 0 aliphatic carbocycles. The van der Waals surface area contributed by atoms with Gasteiger partial charge in [-0.15, -0.1) is 11.8 Å². The number of carbonyl (C=O) groups is 3. The second-order valence-electron chi connectivity index (χ2n) is 7.33. The Morgan fingerprint density at radius 1 is 0.909 bits per heavy atom. The van der Waals surface area contributed by atoms with E-state index in [0.717, 1.165) is 16.0 Å². The molecule has 170 valence electrons. The number of amides is 2. The van der Waals surface area contributed by atoms with Crippen molar-refractivity contribution in [2.75, 3.05) is 10.6 Å². The van der Waals surface area contributed by atoms with Gasteiger partial charge in [0.2, 0.25) is 11.8 Å². The van der Waals surface area contributed by atoms with Crippen LogP contribution in [0.15, 0.2) is 77.7 Å². The van der Waals surface area contributed by atoms with Gasteiger partial charge in [-0.2, -0.15) is 0 Å². The number of aryl methyl sites for hydroxylation is 1. The molecule has 3 aromatic carbocycles. The Bertz CT molecular complexity index is 1150. The third kappa shape index (κ3) is 7.37. The van der Waals surface area contributed by atoms with Crippen molar-refractivity contribution >= 4 is 52.5 Å². The molecule has 3 N–H and O–H groups in total. The fraction of sp³-hybridized carbons (Fsp3) is 0.160. The molecular weight excluding hydrogens is 460 g/mol. The number of carbonyl (C=O) groups excluding carboxylic acids is 2. The van der Waals surface area contributed by atoms with Crippen LogP contribution in [0.1, 0.15) is 29.2 Å². The summed E-state index contributed by atoms with van der Waals surface area (Å²) in [6.07, 6.45) is -0.347. The Morgan fingerprint density at radius 3 is 2.33 bits per heavy atom. The summed E-state index contributed by atoms with van der Waals surface area (Å²) in [7, 11) is 0. The van der Waals surface area contributed by atoms with Crippen molar-refractivity contribution in [2.24, 2.45) is 0 Å². The fourth-order valence-corrected chi connectivity index (χ4v) is 4.27. The molecule has 6 nitrogen and oxygen atoms in total. The highest BCUT2D eigenvalue weighted by atomic mass is 35.5. The lowest BCUT2D eigenvalue weighted by molar-refractivity contribution is -0.138. The number of halogens is 1. The zero-order valence-corrected chi connectivity index (χ0v) is 19.5. The molecule has 1 unspecified atom stereocenters. The number of hydrogen-bond acceptors (Lipinski definition) is 4. The van der Waals surface area contributed by atoms with E-state index in [2.05, 4.69) is 10.6 Å². The minimum absolute atomic E-state index is 0.110. The largest absolute Gasteiger partial charge is 0.481 e. The average Bonchev–Trinajstić information content (AvgIpc) is 2.79. The summed E-state index contributed by atoms with van der Waals surface area (Å²) >= 11 is 7.54. The lowest BCUT2D eigenvalue weighted by atomic mass is 10.1. The molecule has 8 heteroatoms. The molecule has 0 heterocycles. The zero-order valence-electron chi connectivity index (χ0n) is 17.9. The maximum Gasteiger partial charge on any atom is 0.303 e. The van der Waals surface area contributed by atoms with E-state index in [1.807, 2.05) is 49.4 Å². The maximum absolute atomic E-state index is 13.2. The van der Waals surface area contributed by atoms with Crippen LogP contribution in [-0.4, -0.2) is 22.9 Å². The summed E-state index contributed by atoms with van der Waals surface area (Å²) in [6.45, 7) is 1.89. The van der Waals surface area contributed by atoms with Crippen LogP contribution in [0.5, 0.6) is 0 Å². The summed E-state index contributed by atoms with van der Waals surface area (Å²) < 4.78 is 0. The van der Waals surface area contributed by atoms with Crippen LogP contribution in [0.2, 0.25) is 5.02 Å². The van der Waals surface area contributed by atoms with Gasteiger partial charge in [-0.25, -0.2) is 0 Å². The Hall–Kier alpha value is -3.29. The first kappa shape index (κ1) is 24.4. The molecule has 3 aromatic rings. The predicted octanol–water partition coefficient (Wildman–Crippen LogP) is 5.92. The van der Waals surface area contributed by atoms with Gasteiger partial charge in [-0.1, -0.05) is 54.1 Å². The molecule has 3 rings (SSSR count). The number of hydrogen-bond donors (Lipinski definition) is 3. The van der Waals surface area contributed by atoms with Gasteiger partial charge in [0.15, 0.2) is 0 Å². The van der Waals surface area contributed by atoms with Crippen molar-refractivity contribution in [3.63, 3.8) is 0 Å². The predicted molar refractivity (Wildman–Crippen MR) is 132 cm³/mol. The lowest BCUT2D eigenvalue weighted by Gasteiger charge is -2.18. The summed E-state index contributed by atoms with van der Waals surface area (Å²) in [6, 6.07) is 21.9. The number of anilines is 2. The molecule has 0 aliphatic heterocycles. The normalized spacial score (nSPS) is 11.5. The van der Waals surface area contributed by atoms with Gasteiger partial charge in [-0.3, -0.25) is 14.4 Å². The summed E-state index contributed by atoms with van der Waals surface area (Å²) in [5, 5.41) is 14.4. The van der Waals surface area contributed by atoms with Crippen molar-refractivity contribution in [2.45, 2.75) is 29.9 Å². The fourth-order valence-electron chi connectivity index (χ4n) is 3.01. The number of aliphatic carboxylic acids is 1. The van der Waals surface area contributed by atoms with Crippen LogP contribution < -0.4 is 10.6 Å². The second-order valence-corrected chi connectivity index (χ2v) is 8.92. The number of carboxylic acid groups (broad SMARTS) is 1. The highest BCUT2D eigenvalue weighted by molar-refractivity contribution is 8.00. The van der Waals surface area contributed by atoms with Crippen molar-refractivity contribution < 1.29 is 19.5 Å². The summed E-state index contributed by atoms with van der Waals surface area (Å²) in [4.78, 5) is 36.6. The van der Waals surface area contributed by atoms with Crippen molar-refractivity contribution in [3.05, 3.63) is 88.9 Å². The molecule has 0 saturated heterocycles. The third-order valence-electron chi connectivity index (χ3n) is 4.72. The van der Waals surface area contributed by atoms with E-state index in [4.69, 9.17) is 16.7 Å². The molecule has 0 radical (unpaired) electrons. The molecule has 0 aromatic heterocycles. The molecular formula is C25H23ClN2O4S. The van der Waals surface area contributed by atoms with Crippen molar-refractivity contribution in [1.29, 1.82) is 0 Å². The monoisotopic (exact) mass is 482 g/mol. The van der Waals surface area contributed by atoms with Gasteiger partial charge in [-0.05, 0) is 48.4 Å². The average molecular weight is 483 g/mol. The molecule has 0 bridgehead atoms. The van der Waals surface area contributed by atoms with E-state index >= 15 is 0 Å². The standard InChI is InChI=1S/C25H23ClN2O4S/c1-16-10-11-19(15-21(16)26)28-25(32)24(17-6-3-2-4-7-17)33-20-9-5-8-18(14-20)27-22(29)12-13-23(30)31/h2-11,14-15,24H,12-13H2,1H3,(H,27,29)(H,28,32)(H,30,31). The first-order valence-electron chi connectivity index (χ1n) is 10.2. The Morgan fingerprint density at radius 2 is 1.64 bits per heavy atom. The summed E-state index contributed by atoms with van der Waals surface area (Å²) in [5.41, 5.74) is 2.89. The van der Waals surface area contributed by atoms with Gasteiger partial charge in [0, 0.05) is 27.7 Å².